The van der Waals surface area contributed by atoms with Gasteiger partial charge >= 0.3 is 0 Å². The molecule has 1 saturated carbocycles. The SMILES string of the molecule is N#Cc1cc2c(-c3cc4c(N5CCOCC5)nc(CN5CCN(C6CC6)CC5)cc4s3)cccc2[nH]1. The van der Waals surface area contributed by atoms with Crippen molar-refractivity contribution in [3.05, 3.63) is 47.8 Å². The molecule has 4 aromatic rings. The van der Waals surface area contributed by atoms with Crippen molar-refractivity contribution < 1.29 is 4.74 Å². The van der Waals surface area contributed by atoms with E-state index in [1.54, 1.807) is 0 Å². The van der Waals surface area contributed by atoms with Gasteiger partial charge in [0, 0.05) is 83.3 Å². The minimum Gasteiger partial charge on any atom is -0.378 e. The molecule has 36 heavy (non-hydrogen) atoms. The third kappa shape index (κ3) is 4.16. The van der Waals surface area contributed by atoms with E-state index in [9.17, 15) is 5.26 Å². The van der Waals surface area contributed by atoms with E-state index in [-0.39, 0.29) is 0 Å². The van der Waals surface area contributed by atoms with Gasteiger partial charge in [0.25, 0.3) is 0 Å². The third-order valence-corrected chi connectivity index (χ3v) is 8.88. The Morgan fingerprint density at radius 1 is 1.03 bits per heavy atom. The summed E-state index contributed by atoms with van der Waals surface area (Å²) in [6.45, 7) is 8.73. The molecule has 0 bridgehead atoms. The molecule has 1 aliphatic carbocycles. The molecule has 2 saturated heterocycles. The maximum absolute atomic E-state index is 9.40. The van der Waals surface area contributed by atoms with Gasteiger partial charge in [0.05, 0.1) is 18.9 Å². The molecule has 8 heteroatoms. The summed E-state index contributed by atoms with van der Waals surface area (Å²) in [5.74, 6) is 1.09. The molecule has 3 fully saturated rings. The van der Waals surface area contributed by atoms with Crippen LogP contribution in [0.1, 0.15) is 24.2 Å². The van der Waals surface area contributed by atoms with Crippen LogP contribution in [-0.4, -0.2) is 78.3 Å². The lowest BCUT2D eigenvalue weighted by molar-refractivity contribution is 0.120. The van der Waals surface area contributed by atoms with E-state index >= 15 is 0 Å². The number of nitrogens with one attached hydrogen (secondary N) is 1. The van der Waals surface area contributed by atoms with Crippen LogP contribution in [0.4, 0.5) is 5.82 Å². The number of H-pyrrole nitrogens is 1. The molecule has 0 amide bonds. The minimum absolute atomic E-state index is 0.596. The van der Waals surface area contributed by atoms with E-state index in [0.717, 1.165) is 80.0 Å². The molecule has 1 aromatic carbocycles. The van der Waals surface area contributed by atoms with Crippen LogP contribution in [0.2, 0.25) is 0 Å². The first-order chi connectivity index (χ1) is 17.7. The second kappa shape index (κ2) is 9.16. The second-order valence-corrected chi connectivity index (χ2v) is 11.2. The monoisotopic (exact) mass is 498 g/mol. The largest absolute Gasteiger partial charge is 0.378 e. The van der Waals surface area contributed by atoms with Crippen LogP contribution in [0.15, 0.2) is 36.4 Å². The van der Waals surface area contributed by atoms with Crippen LogP contribution >= 0.6 is 11.3 Å². The Morgan fingerprint density at radius 2 is 1.86 bits per heavy atom. The Balaban J connectivity index is 1.25. The van der Waals surface area contributed by atoms with Crippen molar-refractivity contribution >= 4 is 38.1 Å². The first-order valence-electron chi connectivity index (χ1n) is 13.0. The summed E-state index contributed by atoms with van der Waals surface area (Å²) >= 11 is 1.83. The van der Waals surface area contributed by atoms with Gasteiger partial charge in [0.1, 0.15) is 17.6 Å². The minimum atomic E-state index is 0.596. The van der Waals surface area contributed by atoms with Crippen molar-refractivity contribution in [3.8, 4) is 16.5 Å². The number of ether oxygens (including phenoxy) is 1. The fourth-order valence-electron chi connectivity index (χ4n) is 5.68. The molecule has 0 radical (unpaired) electrons. The summed E-state index contributed by atoms with van der Waals surface area (Å²) in [7, 11) is 0. The Hall–Kier alpha value is -2.96. The summed E-state index contributed by atoms with van der Waals surface area (Å²) in [4.78, 5) is 17.3. The highest BCUT2D eigenvalue weighted by Gasteiger charge is 2.31. The molecular weight excluding hydrogens is 468 g/mol. The Labute approximate surface area is 214 Å². The van der Waals surface area contributed by atoms with E-state index in [4.69, 9.17) is 9.72 Å². The zero-order chi connectivity index (χ0) is 24.1. The van der Waals surface area contributed by atoms with E-state index < -0.39 is 0 Å². The number of nitriles is 1. The fraction of sp³-hybridized carbons (Fsp3) is 0.429. The first kappa shape index (κ1) is 22.3. The van der Waals surface area contributed by atoms with Gasteiger partial charge in [0.2, 0.25) is 0 Å². The van der Waals surface area contributed by atoms with Crippen molar-refractivity contribution in [3.63, 3.8) is 0 Å². The summed E-state index contributed by atoms with van der Waals surface area (Å²) < 4.78 is 6.92. The number of nitrogens with zero attached hydrogens (tertiary/aromatic N) is 5. The van der Waals surface area contributed by atoms with Gasteiger partial charge in [-0.3, -0.25) is 9.80 Å². The lowest BCUT2D eigenvalue weighted by Crippen LogP contribution is -2.46. The van der Waals surface area contributed by atoms with Crippen LogP contribution in [0, 0.1) is 11.3 Å². The van der Waals surface area contributed by atoms with E-state index in [0.29, 0.717) is 5.69 Å². The highest BCUT2D eigenvalue weighted by Crippen LogP contribution is 2.41. The Bertz CT molecular complexity index is 1450. The van der Waals surface area contributed by atoms with Crippen LogP contribution in [-0.2, 0) is 11.3 Å². The van der Waals surface area contributed by atoms with Crippen LogP contribution in [0.5, 0.6) is 0 Å². The summed E-state index contributed by atoms with van der Waals surface area (Å²) in [6.07, 6.45) is 2.77. The predicted octanol–water partition coefficient (Wildman–Crippen LogP) is 4.43. The van der Waals surface area contributed by atoms with Crippen molar-refractivity contribution in [2.75, 3.05) is 57.4 Å². The number of anilines is 1. The quantitative estimate of drug-likeness (QED) is 0.439. The van der Waals surface area contributed by atoms with Crippen molar-refractivity contribution in [2.24, 2.45) is 0 Å². The predicted molar refractivity (Wildman–Crippen MR) is 145 cm³/mol. The first-order valence-corrected chi connectivity index (χ1v) is 13.8. The normalized spacial score (nSPS) is 19.8. The van der Waals surface area contributed by atoms with Gasteiger partial charge < -0.3 is 14.6 Å². The number of aromatic nitrogens is 2. The summed E-state index contributed by atoms with van der Waals surface area (Å²) in [5, 5.41) is 11.7. The standard InChI is InChI=1S/C28H30N6OS/c29-17-19-14-23-22(2-1-3-25(23)30-19)27-16-24-26(36-27)15-20(31-28(24)34-10-12-35-13-11-34)18-32-6-8-33(9-7-32)21-4-5-21/h1-3,14-16,21,30H,4-13,18H2. The Morgan fingerprint density at radius 3 is 2.64 bits per heavy atom. The smallest absolute Gasteiger partial charge is 0.137 e. The molecule has 0 unspecified atom stereocenters. The topological polar surface area (TPSA) is 71.4 Å². The molecule has 184 valence electrons. The number of rotatable bonds is 5. The highest BCUT2D eigenvalue weighted by atomic mass is 32.1. The Kier molecular flexibility index (Phi) is 5.66. The second-order valence-electron chi connectivity index (χ2n) is 10.2. The van der Waals surface area contributed by atoms with Crippen LogP contribution < -0.4 is 4.90 Å². The molecule has 1 N–H and O–H groups in total. The molecule has 0 atom stereocenters. The van der Waals surface area contributed by atoms with Gasteiger partial charge in [-0.1, -0.05) is 12.1 Å². The van der Waals surface area contributed by atoms with Gasteiger partial charge in [-0.25, -0.2) is 4.98 Å². The van der Waals surface area contributed by atoms with Gasteiger partial charge in [-0.05, 0) is 37.1 Å². The number of benzene rings is 1. The van der Waals surface area contributed by atoms with Gasteiger partial charge in [-0.15, -0.1) is 11.3 Å². The fourth-order valence-corrected chi connectivity index (χ4v) is 6.84. The van der Waals surface area contributed by atoms with Gasteiger partial charge in [0.15, 0.2) is 0 Å². The molecule has 2 aliphatic heterocycles. The number of hydrogen-bond acceptors (Lipinski definition) is 7. The van der Waals surface area contributed by atoms with Crippen molar-refractivity contribution in [1.29, 1.82) is 5.26 Å². The third-order valence-electron chi connectivity index (χ3n) is 7.77. The van der Waals surface area contributed by atoms with E-state index in [1.165, 1.54) is 40.9 Å². The van der Waals surface area contributed by atoms with Crippen molar-refractivity contribution in [2.45, 2.75) is 25.4 Å². The van der Waals surface area contributed by atoms with E-state index in [2.05, 4.69) is 50.0 Å². The maximum atomic E-state index is 9.40. The molecule has 7 nitrogen and oxygen atoms in total. The molecule has 0 spiro atoms. The van der Waals surface area contributed by atoms with Crippen LogP contribution in [0.25, 0.3) is 31.4 Å². The molecule has 3 aromatic heterocycles. The van der Waals surface area contributed by atoms with Crippen molar-refractivity contribution in [1.82, 2.24) is 19.8 Å². The number of fused-ring (bicyclic) bond motifs is 2. The number of morpholine rings is 1. The summed E-state index contributed by atoms with van der Waals surface area (Å²) in [6, 6.07) is 15.9. The zero-order valence-corrected chi connectivity index (χ0v) is 21.2. The number of pyridine rings is 1. The number of hydrogen-bond donors (Lipinski definition) is 1. The van der Waals surface area contributed by atoms with Crippen LogP contribution in [0.3, 0.4) is 0 Å². The lowest BCUT2D eigenvalue weighted by atomic mass is 10.1. The zero-order valence-electron chi connectivity index (χ0n) is 20.4. The molecule has 3 aliphatic rings. The summed E-state index contributed by atoms with van der Waals surface area (Å²) in [5.41, 5.74) is 3.92. The molecule has 5 heterocycles. The maximum Gasteiger partial charge on any atom is 0.137 e. The number of aromatic amines is 1. The van der Waals surface area contributed by atoms with E-state index in [1.807, 2.05) is 23.5 Å². The highest BCUT2D eigenvalue weighted by molar-refractivity contribution is 7.22. The average Bonchev–Trinajstić information content (AvgIpc) is 3.53. The number of piperazine rings is 1. The molecule has 7 rings (SSSR count). The lowest BCUT2D eigenvalue weighted by Gasteiger charge is -2.35. The van der Waals surface area contributed by atoms with Gasteiger partial charge in [-0.2, -0.15) is 5.26 Å². The molecular formula is C28H30N6OS. The number of thiophene rings is 1. The average molecular weight is 499 g/mol.